The van der Waals surface area contributed by atoms with Crippen LogP contribution in [0.3, 0.4) is 0 Å². The molecule has 5 heteroatoms. The fourth-order valence-electron chi connectivity index (χ4n) is 3.52. The molecule has 0 aliphatic carbocycles. The van der Waals surface area contributed by atoms with E-state index in [1.807, 2.05) is 11.3 Å². The number of likely N-dealkylation sites (N-methyl/N-ethyl adjacent to an activating group) is 1. The van der Waals surface area contributed by atoms with Crippen molar-refractivity contribution in [2.75, 3.05) is 32.1 Å². The van der Waals surface area contributed by atoms with Gasteiger partial charge in [0.25, 0.3) is 0 Å². The van der Waals surface area contributed by atoms with E-state index in [1.165, 1.54) is 26.0 Å². The van der Waals surface area contributed by atoms with Crippen molar-refractivity contribution in [2.45, 2.75) is 24.9 Å². The third-order valence-electron chi connectivity index (χ3n) is 4.60. The van der Waals surface area contributed by atoms with Crippen molar-refractivity contribution < 1.29 is 0 Å². The van der Waals surface area contributed by atoms with Gasteiger partial charge < -0.3 is 0 Å². The zero-order chi connectivity index (χ0) is 16.6. The first-order valence-electron chi connectivity index (χ1n) is 8.03. The smallest absolute Gasteiger partial charge is 0.0134 e. The van der Waals surface area contributed by atoms with Crippen LogP contribution in [0, 0.1) is 0 Å². The molecule has 23 heavy (non-hydrogen) atoms. The Morgan fingerprint density at radius 3 is 2.87 bits per heavy atom. The Morgan fingerprint density at radius 1 is 1.43 bits per heavy atom. The van der Waals surface area contributed by atoms with E-state index in [1.54, 1.807) is 0 Å². The number of rotatable bonds is 5. The average molecular weight is 522 g/mol. The van der Waals surface area contributed by atoms with Crippen molar-refractivity contribution in [1.82, 2.24) is 9.80 Å². The molecule has 2 unspecified atom stereocenters. The molecule has 0 aromatic carbocycles. The van der Waals surface area contributed by atoms with E-state index in [-0.39, 0.29) is 0 Å². The van der Waals surface area contributed by atoms with Crippen LogP contribution in [-0.2, 0) is 0 Å². The molecule has 3 nitrogen and oxygen atoms in total. The van der Waals surface area contributed by atoms with Gasteiger partial charge in [-0.25, -0.2) is 0 Å². The first kappa shape index (κ1) is 17.2. The van der Waals surface area contributed by atoms with Gasteiger partial charge in [0.15, 0.2) is 0 Å². The van der Waals surface area contributed by atoms with Crippen LogP contribution in [0.25, 0.3) is 0 Å². The van der Waals surface area contributed by atoms with E-state index < -0.39 is 0 Å². The summed E-state index contributed by atoms with van der Waals surface area (Å²) >= 11 is 3.05. The predicted molar refractivity (Wildman–Crippen MR) is 102 cm³/mol. The second kappa shape index (κ2) is 7.11. The number of nitrogens with zero attached hydrogens (tertiary/aromatic N) is 3. The Kier molecular flexibility index (Phi) is 5.33. The van der Waals surface area contributed by atoms with Gasteiger partial charge >= 0.3 is 146 Å². The van der Waals surface area contributed by atoms with Crippen molar-refractivity contribution >= 4 is 44.5 Å². The van der Waals surface area contributed by atoms with Crippen molar-refractivity contribution in [3.05, 3.63) is 48.8 Å². The molecule has 2 saturated heterocycles. The standard InChI is InChI=1S/C18H24N3S.Pb/c1-14(7-5-11-19(3)4)21-16-9-10-17(21)15(2)20(13-16)18-8-6-12-22-18;/h5-8,16-17H,1-2,9-11,13H2,3-4H3;/b7-5+;. The summed E-state index contributed by atoms with van der Waals surface area (Å²) in [6.07, 6.45) is 6.80. The van der Waals surface area contributed by atoms with Crippen LogP contribution in [0.1, 0.15) is 12.8 Å². The zero-order valence-electron chi connectivity index (χ0n) is 14.0. The monoisotopic (exact) mass is 522 g/mol. The minimum Gasteiger partial charge on any atom is -0.0134 e. The molecule has 2 fully saturated rings. The Labute approximate surface area is 159 Å². The summed E-state index contributed by atoms with van der Waals surface area (Å²) in [6.45, 7) is 10.7. The van der Waals surface area contributed by atoms with Crippen LogP contribution in [0.2, 0.25) is 0 Å². The number of hydrogen-bond acceptors (Lipinski definition) is 4. The molecule has 2 aliphatic heterocycles. The van der Waals surface area contributed by atoms with Crippen molar-refractivity contribution in [1.29, 1.82) is 0 Å². The quantitative estimate of drug-likeness (QED) is 0.435. The first-order valence-corrected chi connectivity index (χ1v) is 10.8. The molecule has 1 aromatic heterocycles. The van der Waals surface area contributed by atoms with Gasteiger partial charge in [-0.05, 0) is 14.1 Å². The molecule has 2 aliphatic rings. The van der Waals surface area contributed by atoms with E-state index in [9.17, 15) is 0 Å². The third kappa shape index (κ3) is 3.59. The minimum absolute atomic E-state index is 0.407. The summed E-state index contributed by atoms with van der Waals surface area (Å²) in [5.41, 5.74) is 2.37. The molecule has 3 rings (SSSR count). The Morgan fingerprint density at radius 2 is 2.22 bits per heavy atom. The van der Waals surface area contributed by atoms with E-state index in [2.05, 4.69) is 66.2 Å². The van der Waals surface area contributed by atoms with Gasteiger partial charge in [0, 0.05) is 0 Å². The zero-order valence-corrected chi connectivity index (χ0v) is 18.7. The third-order valence-corrected chi connectivity index (χ3v) is 7.36. The van der Waals surface area contributed by atoms with E-state index in [0.29, 0.717) is 12.1 Å². The van der Waals surface area contributed by atoms with Crippen LogP contribution in [0.4, 0.5) is 5.00 Å². The van der Waals surface area contributed by atoms with Gasteiger partial charge in [0.05, 0.1) is 0 Å². The fraction of sp³-hybridized carbons (Fsp3) is 0.444. The molecule has 0 N–H and O–H groups in total. The Bertz CT molecular complexity index is 634. The van der Waals surface area contributed by atoms with Gasteiger partial charge in [-0.15, -0.1) is 0 Å². The molecule has 3 radical (unpaired) electrons. The fourth-order valence-corrected chi connectivity index (χ4v) is 5.86. The van der Waals surface area contributed by atoms with Crippen LogP contribution < -0.4 is 7.34 Å². The van der Waals surface area contributed by atoms with Gasteiger partial charge in [0.1, 0.15) is 0 Å². The summed E-state index contributed by atoms with van der Waals surface area (Å²) in [6, 6.07) is 5.49. The minimum atomic E-state index is 0.407. The number of hydrogen-bond donors (Lipinski definition) is 0. The molecule has 2 bridgehead atoms. The normalized spacial score (nSPS) is 24.3. The van der Waals surface area contributed by atoms with Crippen LogP contribution in [-0.4, -0.2) is 74.8 Å². The number of anilines is 1. The second-order valence-electron chi connectivity index (χ2n) is 6.55. The summed E-state index contributed by atoms with van der Waals surface area (Å²) in [7, 11) is 4.17. The maximum absolute atomic E-state index is 4.43. The van der Waals surface area contributed by atoms with Crippen LogP contribution >= 0.6 is 11.3 Å². The summed E-state index contributed by atoms with van der Waals surface area (Å²) in [5.74, 6) is 0. The summed E-state index contributed by atoms with van der Waals surface area (Å²) in [5, 5.41) is 1.37. The SMILES string of the molecule is C=C1C2CCC(CN1c1cc[c]([Pb])s1)N2C(=C)/C=C/CN(C)C. The topological polar surface area (TPSA) is 9.72 Å². The number of fused-ring (bicyclic) bond motifs is 2. The predicted octanol–water partition coefficient (Wildman–Crippen LogP) is 2.34. The van der Waals surface area contributed by atoms with E-state index in [0.717, 1.165) is 44.6 Å². The number of allylic oxidation sites excluding steroid dienone is 1. The molecule has 0 saturated carbocycles. The van der Waals surface area contributed by atoms with Gasteiger partial charge in [-0.1, -0.05) is 0 Å². The number of thiophene rings is 1. The molecule has 121 valence electrons. The van der Waals surface area contributed by atoms with Gasteiger partial charge in [-0.3, -0.25) is 0 Å². The average Bonchev–Trinajstić information content (AvgIpc) is 3.06. The maximum atomic E-state index is 4.43. The van der Waals surface area contributed by atoms with Crippen molar-refractivity contribution in [3.8, 4) is 0 Å². The van der Waals surface area contributed by atoms with Gasteiger partial charge in [0.2, 0.25) is 0 Å². The molecule has 1 aromatic rings. The van der Waals surface area contributed by atoms with Crippen LogP contribution in [0.5, 0.6) is 0 Å². The molecule has 0 amide bonds. The molecule has 3 heterocycles. The first-order chi connectivity index (χ1) is 11.0. The van der Waals surface area contributed by atoms with E-state index >= 15 is 0 Å². The summed E-state index contributed by atoms with van der Waals surface area (Å²) < 4.78 is 1.50. The van der Waals surface area contributed by atoms with Crippen molar-refractivity contribution in [3.63, 3.8) is 0 Å². The molecular weight excluding hydrogens is 497 g/mol. The Balaban J connectivity index is 1.74. The van der Waals surface area contributed by atoms with Crippen LogP contribution in [0.15, 0.2) is 48.8 Å². The second-order valence-corrected chi connectivity index (χ2v) is 11.1. The molecular formula is C18H24N3PbS. The van der Waals surface area contributed by atoms with Crippen molar-refractivity contribution in [2.24, 2.45) is 0 Å². The van der Waals surface area contributed by atoms with E-state index in [4.69, 9.17) is 0 Å². The molecule has 2 atom stereocenters. The van der Waals surface area contributed by atoms with Gasteiger partial charge in [-0.2, -0.15) is 0 Å². The summed E-state index contributed by atoms with van der Waals surface area (Å²) in [4.78, 5) is 7.11. The molecule has 0 spiro atoms. The Hall–Kier alpha value is -0.598. The number of piperazine rings is 1.